The molecule has 2 N–H and O–H groups in total. The highest BCUT2D eigenvalue weighted by molar-refractivity contribution is 6.08. The van der Waals surface area contributed by atoms with Crippen molar-refractivity contribution < 1.29 is 9.59 Å². The van der Waals surface area contributed by atoms with Gasteiger partial charge in [-0.3, -0.25) is 9.59 Å². The van der Waals surface area contributed by atoms with E-state index in [9.17, 15) is 9.59 Å². The fraction of sp³-hybridized carbons (Fsp3) is 0.300. The first-order chi connectivity index (χ1) is 12.0. The molecule has 0 aliphatic carbocycles. The Balaban J connectivity index is 1.89. The van der Waals surface area contributed by atoms with Crippen LogP contribution in [-0.2, 0) is 9.59 Å². The topological polar surface area (TPSA) is 61.4 Å². The van der Waals surface area contributed by atoms with Crippen LogP contribution >= 0.6 is 0 Å². The number of para-hydroxylation sites is 1. The van der Waals surface area contributed by atoms with Crippen molar-refractivity contribution in [2.75, 3.05) is 28.6 Å². The first-order valence-electron chi connectivity index (χ1n) is 8.53. The van der Waals surface area contributed by atoms with Gasteiger partial charge in [0.25, 0.3) is 0 Å². The summed E-state index contributed by atoms with van der Waals surface area (Å²) < 4.78 is 0. The van der Waals surface area contributed by atoms with Gasteiger partial charge >= 0.3 is 0 Å². The lowest BCUT2D eigenvalue weighted by Crippen LogP contribution is -2.22. The molecule has 0 atom stereocenters. The van der Waals surface area contributed by atoms with Crippen LogP contribution in [0.15, 0.2) is 48.5 Å². The fourth-order valence-corrected chi connectivity index (χ4v) is 2.60. The monoisotopic (exact) mass is 339 g/mol. The summed E-state index contributed by atoms with van der Waals surface area (Å²) in [5.41, 5.74) is 3.48. The molecule has 0 saturated heterocycles. The van der Waals surface area contributed by atoms with Crippen molar-refractivity contribution in [2.24, 2.45) is 0 Å². The Hall–Kier alpha value is -2.82. The first kappa shape index (κ1) is 18.5. The lowest BCUT2D eigenvalue weighted by Gasteiger charge is -2.21. The molecule has 0 unspecified atom stereocenters. The van der Waals surface area contributed by atoms with E-state index in [0.29, 0.717) is 5.69 Å². The van der Waals surface area contributed by atoms with Crippen molar-refractivity contribution in [1.29, 1.82) is 0 Å². The van der Waals surface area contributed by atoms with Crippen molar-refractivity contribution in [3.8, 4) is 0 Å². The van der Waals surface area contributed by atoms with Crippen LogP contribution in [0.2, 0.25) is 0 Å². The van der Waals surface area contributed by atoms with E-state index >= 15 is 0 Å². The molecule has 2 aromatic rings. The summed E-state index contributed by atoms with van der Waals surface area (Å²) in [4.78, 5) is 26.3. The molecule has 0 radical (unpaired) electrons. The van der Waals surface area contributed by atoms with Gasteiger partial charge in [-0.2, -0.15) is 0 Å². The quantitative estimate of drug-likeness (QED) is 0.754. The van der Waals surface area contributed by atoms with Gasteiger partial charge in [-0.1, -0.05) is 18.2 Å². The predicted molar refractivity (Wildman–Crippen MR) is 103 cm³/mol. The van der Waals surface area contributed by atoms with E-state index < -0.39 is 0 Å². The molecule has 0 fully saturated rings. The van der Waals surface area contributed by atoms with Crippen molar-refractivity contribution in [2.45, 2.75) is 27.2 Å². The second kappa shape index (κ2) is 8.87. The molecule has 0 saturated carbocycles. The Morgan fingerprint density at radius 3 is 2.08 bits per heavy atom. The van der Waals surface area contributed by atoms with Gasteiger partial charge in [-0.05, 0) is 56.7 Å². The number of aryl methyl sites for hydroxylation is 1. The smallest absolute Gasteiger partial charge is 0.233 e. The number of rotatable bonds is 7. The molecule has 2 amide bonds. The van der Waals surface area contributed by atoms with E-state index in [1.807, 2.05) is 55.5 Å². The molecular weight excluding hydrogens is 314 g/mol. The fourth-order valence-electron chi connectivity index (χ4n) is 2.60. The van der Waals surface area contributed by atoms with Crippen LogP contribution in [-0.4, -0.2) is 24.9 Å². The molecule has 2 rings (SSSR count). The normalized spacial score (nSPS) is 10.2. The Labute approximate surface area is 149 Å². The zero-order chi connectivity index (χ0) is 18.2. The van der Waals surface area contributed by atoms with E-state index in [4.69, 9.17) is 0 Å². The largest absolute Gasteiger partial charge is 0.372 e. The summed E-state index contributed by atoms with van der Waals surface area (Å²) in [6.45, 7) is 7.98. The number of hydrogen-bond donors (Lipinski definition) is 2. The van der Waals surface area contributed by atoms with E-state index in [2.05, 4.69) is 29.4 Å². The lowest BCUT2D eigenvalue weighted by atomic mass is 10.2. The molecule has 0 aliphatic rings. The molecule has 132 valence electrons. The van der Waals surface area contributed by atoms with E-state index in [1.54, 1.807) is 0 Å². The van der Waals surface area contributed by atoms with Crippen LogP contribution in [0, 0.1) is 6.92 Å². The number of benzene rings is 2. The third-order valence-corrected chi connectivity index (χ3v) is 4.02. The Morgan fingerprint density at radius 1 is 0.880 bits per heavy atom. The van der Waals surface area contributed by atoms with Crippen molar-refractivity contribution >= 4 is 28.9 Å². The average molecular weight is 339 g/mol. The molecule has 5 nitrogen and oxygen atoms in total. The minimum atomic E-state index is -0.332. The summed E-state index contributed by atoms with van der Waals surface area (Å²) in [7, 11) is 0. The standard InChI is InChI=1S/C20H25N3O2/c1-4-23(5-2)17-12-10-16(11-13-17)21-19(24)14-20(25)22-18-9-7-6-8-15(18)3/h6-13H,4-5,14H2,1-3H3,(H,21,24)(H,22,25). The molecule has 0 heterocycles. The van der Waals surface area contributed by atoms with E-state index in [-0.39, 0.29) is 18.2 Å². The minimum absolute atomic E-state index is 0.216. The molecule has 0 aliphatic heterocycles. The number of nitrogens with one attached hydrogen (secondary N) is 2. The van der Waals surface area contributed by atoms with Gasteiger partial charge in [-0.25, -0.2) is 0 Å². The maximum Gasteiger partial charge on any atom is 0.233 e. The van der Waals surface area contributed by atoms with Gasteiger partial charge in [-0.15, -0.1) is 0 Å². The van der Waals surface area contributed by atoms with E-state index in [1.165, 1.54) is 0 Å². The van der Waals surface area contributed by atoms with Crippen LogP contribution in [0.3, 0.4) is 0 Å². The molecular formula is C20H25N3O2. The summed E-state index contributed by atoms with van der Waals surface area (Å²) in [5, 5.41) is 5.52. The lowest BCUT2D eigenvalue weighted by molar-refractivity contribution is -0.123. The number of carbonyl (C=O) groups is 2. The third kappa shape index (κ3) is 5.35. The highest BCUT2D eigenvalue weighted by Gasteiger charge is 2.11. The Kier molecular flexibility index (Phi) is 6.57. The summed E-state index contributed by atoms with van der Waals surface area (Å²) in [5.74, 6) is -0.659. The van der Waals surface area contributed by atoms with Crippen LogP contribution in [0.5, 0.6) is 0 Å². The summed E-state index contributed by atoms with van der Waals surface area (Å²) in [6, 6.07) is 15.1. The molecule has 5 heteroatoms. The summed E-state index contributed by atoms with van der Waals surface area (Å²) in [6.07, 6.45) is -0.216. The van der Waals surface area contributed by atoms with E-state index in [0.717, 1.165) is 30.0 Å². The van der Waals surface area contributed by atoms with Gasteiger partial charge < -0.3 is 15.5 Å². The molecule has 0 aromatic heterocycles. The Morgan fingerprint density at radius 2 is 1.48 bits per heavy atom. The number of anilines is 3. The summed E-state index contributed by atoms with van der Waals surface area (Å²) >= 11 is 0. The van der Waals surface area contributed by atoms with Crippen LogP contribution < -0.4 is 15.5 Å². The third-order valence-electron chi connectivity index (χ3n) is 4.02. The van der Waals surface area contributed by atoms with Crippen molar-refractivity contribution in [3.63, 3.8) is 0 Å². The highest BCUT2D eigenvalue weighted by atomic mass is 16.2. The zero-order valence-corrected chi connectivity index (χ0v) is 15.0. The second-order valence-corrected chi connectivity index (χ2v) is 5.81. The average Bonchev–Trinajstić information content (AvgIpc) is 2.59. The number of amides is 2. The van der Waals surface area contributed by atoms with Gasteiger partial charge in [0, 0.05) is 30.2 Å². The van der Waals surface area contributed by atoms with Crippen LogP contribution in [0.4, 0.5) is 17.1 Å². The number of carbonyl (C=O) groups excluding carboxylic acids is 2. The number of hydrogen-bond acceptors (Lipinski definition) is 3. The minimum Gasteiger partial charge on any atom is -0.372 e. The van der Waals surface area contributed by atoms with Gasteiger partial charge in [0.05, 0.1) is 0 Å². The SMILES string of the molecule is CCN(CC)c1ccc(NC(=O)CC(=O)Nc2ccccc2C)cc1. The molecule has 0 bridgehead atoms. The molecule has 25 heavy (non-hydrogen) atoms. The van der Waals surface area contributed by atoms with Crippen LogP contribution in [0.25, 0.3) is 0 Å². The predicted octanol–water partition coefficient (Wildman–Crippen LogP) is 3.81. The molecule has 0 spiro atoms. The van der Waals surface area contributed by atoms with Crippen LogP contribution in [0.1, 0.15) is 25.8 Å². The maximum absolute atomic E-state index is 12.0. The second-order valence-electron chi connectivity index (χ2n) is 5.81. The van der Waals surface area contributed by atoms with Gasteiger partial charge in [0.15, 0.2) is 0 Å². The van der Waals surface area contributed by atoms with Crippen molar-refractivity contribution in [1.82, 2.24) is 0 Å². The Bertz CT molecular complexity index is 722. The first-order valence-corrected chi connectivity index (χ1v) is 8.53. The van der Waals surface area contributed by atoms with Gasteiger partial charge in [0.1, 0.15) is 6.42 Å². The van der Waals surface area contributed by atoms with Crippen molar-refractivity contribution in [3.05, 3.63) is 54.1 Å². The maximum atomic E-state index is 12.0. The number of nitrogens with zero attached hydrogens (tertiary/aromatic N) is 1. The highest BCUT2D eigenvalue weighted by Crippen LogP contribution is 2.18. The molecule has 2 aromatic carbocycles. The van der Waals surface area contributed by atoms with Gasteiger partial charge in [0.2, 0.25) is 11.8 Å². The zero-order valence-electron chi connectivity index (χ0n) is 15.0.